The summed E-state index contributed by atoms with van der Waals surface area (Å²) in [6.07, 6.45) is 0.207. The molecule has 2 aromatic rings. The first-order chi connectivity index (χ1) is 16.0. The van der Waals surface area contributed by atoms with Gasteiger partial charge in [-0.1, -0.05) is 0 Å². The highest BCUT2D eigenvalue weighted by Crippen LogP contribution is 2.40. The van der Waals surface area contributed by atoms with Crippen molar-refractivity contribution in [2.24, 2.45) is 11.8 Å². The fourth-order valence-corrected chi connectivity index (χ4v) is 3.73. The molecule has 0 unspecified atom stereocenters. The average Bonchev–Trinajstić information content (AvgIpc) is 3.47. The molecule has 10 nitrogen and oxygen atoms in total. The number of nitriles is 1. The van der Waals surface area contributed by atoms with E-state index in [-0.39, 0.29) is 41.0 Å². The van der Waals surface area contributed by atoms with E-state index in [0.717, 1.165) is 4.90 Å². The maximum atomic E-state index is 15.7. The zero-order valence-electron chi connectivity index (χ0n) is 19.1. The van der Waals surface area contributed by atoms with Crippen molar-refractivity contribution >= 4 is 46.1 Å². The SMILES string of the molecule is C[C@@H]1COC(=O)N1c1cc2cc(NC(=O)[C@@H]3C[C@H]3C#N)ncc2c(NC(=O)OC(C)(C)C)c1F. The Hall–Kier alpha value is -3.94. The molecule has 2 aliphatic rings. The minimum Gasteiger partial charge on any atom is -0.447 e. The maximum absolute atomic E-state index is 15.7. The van der Waals surface area contributed by atoms with Crippen LogP contribution in [-0.2, 0) is 14.3 Å². The molecule has 1 saturated carbocycles. The minimum atomic E-state index is -0.879. The number of nitrogens with zero attached hydrogens (tertiary/aromatic N) is 3. The average molecular weight is 469 g/mol. The van der Waals surface area contributed by atoms with Crippen LogP contribution in [0.15, 0.2) is 18.3 Å². The number of cyclic esters (lactones) is 1. The van der Waals surface area contributed by atoms with Crippen molar-refractivity contribution in [2.75, 3.05) is 22.1 Å². The Morgan fingerprint density at radius 3 is 2.65 bits per heavy atom. The van der Waals surface area contributed by atoms with Crippen LogP contribution < -0.4 is 15.5 Å². The van der Waals surface area contributed by atoms with Gasteiger partial charge in [0.2, 0.25) is 5.91 Å². The van der Waals surface area contributed by atoms with Crippen LogP contribution in [0.3, 0.4) is 0 Å². The second kappa shape index (κ2) is 8.44. The quantitative estimate of drug-likeness (QED) is 0.686. The number of anilines is 3. The van der Waals surface area contributed by atoms with E-state index >= 15 is 4.39 Å². The second-order valence-electron chi connectivity index (χ2n) is 9.37. The Labute approximate surface area is 195 Å². The van der Waals surface area contributed by atoms with Crippen LogP contribution in [0.1, 0.15) is 34.1 Å². The lowest BCUT2D eigenvalue weighted by atomic mass is 10.1. The molecule has 2 heterocycles. The molecule has 3 atom stereocenters. The summed E-state index contributed by atoms with van der Waals surface area (Å²) in [6, 6.07) is 4.56. The number of benzene rings is 1. The molecule has 1 aliphatic heterocycles. The molecule has 34 heavy (non-hydrogen) atoms. The van der Waals surface area contributed by atoms with E-state index in [0.29, 0.717) is 11.8 Å². The number of ether oxygens (including phenoxy) is 2. The van der Waals surface area contributed by atoms with Gasteiger partial charge in [-0.15, -0.1) is 0 Å². The standard InChI is InChI=1S/C23H24FN5O5/c1-11-10-33-22(32)29(11)16-6-12-7-17(27-20(30)14-5-13(14)8-25)26-9-15(12)19(18(16)24)28-21(31)34-23(2,3)4/h6-7,9,11,13-14H,5,10H2,1-4H3,(H,28,31)(H,26,27,30)/t11-,13+,14-/m1/s1. The number of rotatable bonds is 4. The first kappa shape index (κ1) is 23.2. The summed E-state index contributed by atoms with van der Waals surface area (Å²) >= 11 is 0. The number of amides is 3. The van der Waals surface area contributed by atoms with Crippen molar-refractivity contribution in [3.8, 4) is 6.07 Å². The van der Waals surface area contributed by atoms with E-state index < -0.39 is 35.6 Å². The van der Waals surface area contributed by atoms with E-state index in [2.05, 4.69) is 21.7 Å². The Morgan fingerprint density at radius 2 is 2.06 bits per heavy atom. The smallest absolute Gasteiger partial charge is 0.414 e. The third-order valence-corrected chi connectivity index (χ3v) is 5.46. The number of aromatic nitrogens is 1. The summed E-state index contributed by atoms with van der Waals surface area (Å²) < 4.78 is 25.9. The zero-order valence-corrected chi connectivity index (χ0v) is 19.1. The van der Waals surface area contributed by atoms with Crippen molar-refractivity contribution in [1.29, 1.82) is 5.26 Å². The molecule has 1 aromatic carbocycles. The predicted octanol–water partition coefficient (Wildman–Crippen LogP) is 4.16. The van der Waals surface area contributed by atoms with Gasteiger partial charge in [0.1, 0.15) is 18.0 Å². The molecule has 1 saturated heterocycles. The zero-order chi connectivity index (χ0) is 24.8. The van der Waals surface area contributed by atoms with Crippen molar-refractivity contribution in [2.45, 2.75) is 45.8 Å². The van der Waals surface area contributed by atoms with Crippen LogP contribution in [0, 0.1) is 29.0 Å². The van der Waals surface area contributed by atoms with Gasteiger partial charge in [0, 0.05) is 11.6 Å². The predicted molar refractivity (Wildman–Crippen MR) is 121 cm³/mol. The lowest BCUT2D eigenvalue weighted by Gasteiger charge is -2.23. The second-order valence-corrected chi connectivity index (χ2v) is 9.37. The topological polar surface area (TPSA) is 134 Å². The molecule has 0 radical (unpaired) electrons. The van der Waals surface area contributed by atoms with E-state index in [1.165, 1.54) is 18.3 Å². The van der Waals surface area contributed by atoms with Crippen molar-refractivity contribution in [3.63, 3.8) is 0 Å². The van der Waals surface area contributed by atoms with Crippen molar-refractivity contribution < 1.29 is 28.2 Å². The van der Waals surface area contributed by atoms with Gasteiger partial charge in [0.05, 0.1) is 35.3 Å². The Bertz CT molecular complexity index is 1230. The molecule has 1 aliphatic carbocycles. The summed E-state index contributed by atoms with van der Waals surface area (Å²) in [7, 11) is 0. The fourth-order valence-electron chi connectivity index (χ4n) is 3.73. The molecular weight excluding hydrogens is 445 g/mol. The van der Waals surface area contributed by atoms with Crippen molar-refractivity contribution in [1.82, 2.24) is 4.98 Å². The molecule has 1 aromatic heterocycles. The molecule has 2 N–H and O–H groups in total. The largest absolute Gasteiger partial charge is 0.447 e. The highest BCUT2D eigenvalue weighted by atomic mass is 19.1. The Morgan fingerprint density at radius 1 is 1.32 bits per heavy atom. The van der Waals surface area contributed by atoms with Gasteiger partial charge >= 0.3 is 12.2 Å². The summed E-state index contributed by atoms with van der Waals surface area (Å²) in [5.41, 5.74) is -1.13. The van der Waals surface area contributed by atoms with Gasteiger partial charge in [-0.05, 0) is 51.6 Å². The normalized spacial score (nSPS) is 21.6. The van der Waals surface area contributed by atoms with Crippen LogP contribution in [-0.4, -0.2) is 41.3 Å². The van der Waals surface area contributed by atoms with Gasteiger partial charge in [-0.25, -0.2) is 19.0 Å². The van der Waals surface area contributed by atoms with Gasteiger partial charge < -0.3 is 14.8 Å². The highest BCUT2D eigenvalue weighted by molar-refractivity contribution is 6.06. The summed E-state index contributed by atoms with van der Waals surface area (Å²) in [4.78, 5) is 42.4. The number of fused-ring (bicyclic) bond motifs is 1. The molecule has 178 valence electrons. The van der Waals surface area contributed by atoms with Crippen LogP contribution in [0.4, 0.5) is 31.2 Å². The number of nitrogens with one attached hydrogen (secondary N) is 2. The monoisotopic (exact) mass is 469 g/mol. The Balaban J connectivity index is 1.75. The molecular formula is C23H24FN5O5. The summed E-state index contributed by atoms with van der Waals surface area (Å²) in [5.74, 6) is -1.69. The third-order valence-electron chi connectivity index (χ3n) is 5.46. The van der Waals surface area contributed by atoms with Gasteiger partial charge in [-0.2, -0.15) is 5.26 Å². The molecule has 11 heteroatoms. The first-order valence-electron chi connectivity index (χ1n) is 10.8. The number of carbonyl (C=O) groups is 3. The van der Waals surface area contributed by atoms with E-state index in [9.17, 15) is 14.4 Å². The first-order valence-corrected chi connectivity index (χ1v) is 10.8. The summed E-state index contributed by atoms with van der Waals surface area (Å²) in [6.45, 7) is 6.81. The number of halogens is 1. The number of pyridine rings is 1. The van der Waals surface area contributed by atoms with Crippen molar-refractivity contribution in [3.05, 3.63) is 24.1 Å². The molecule has 0 spiro atoms. The molecule has 2 fully saturated rings. The lowest BCUT2D eigenvalue weighted by molar-refractivity contribution is -0.117. The number of carbonyl (C=O) groups excluding carboxylic acids is 3. The summed E-state index contributed by atoms with van der Waals surface area (Å²) in [5, 5.41) is 14.7. The maximum Gasteiger partial charge on any atom is 0.414 e. The van der Waals surface area contributed by atoms with Gasteiger partial charge in [-0.3, -0.25) is 15.0 Å². The van der Waals surface area contributed by atoms with Gasteiger partial charge in [0.15, 0.2) is 5.82 Å². The van der Waals surface area contributed by atoms with Crippen LogP contribution in [0.25, 0.3) is 10.8 Å². The van der Waals surface area contributed by atoms with Crippen LogP contribution >= 0.6 is 0 Å². The third kappa shape index (κ3) is 4.57. The number of hydrogen-bond acceptors (Lipinski definition) is 7. The number of hydrogen-bond donors (Lipinski definition) is 2. The molecule has 0 bridgehead atoms. The molecule has 3 amide bonds. The Kier molecular flexibility index (Phi) is 5.77. The minimum absolute atomic E-state index is 0.0875. The van der Waals surface area contributed by atoms with Crippen LogP contribution in [0.2, 0.25) is 0 Å². The van der Waals surface area contributed by atoms with Gasteiger partial charge in [0.25, 0.3) is 0 Å². The fraction of sp³-hybridized carbons (Fsp3) is 0.435. The van der Waals surface area contributed by atoms with E-state index in [1.54, 1.807) is 27.7 Å². The molecule has 4 rings (SSSR count). The lowest BCUT2D eigenvalue weighted by Crippen LogP contribution is -2.32. The van der Waals surface area contributed by atoms with E-state index in [1.807, 2.05) is 0 Å². The van der Waals surface area contributed by atoms with E-state index in [4.69, 9.17) is 14.7 Å². The highest BCUT2D eigenvalue weighted by Gasteiger charge is 2.43. The van der Waals surface area contributed by atoms with Crippen LogP contribution in [0.5, 0.6) is 0 Å².